The average Bonchev–Trinajstić information content (AvgIpc) is 2.60. The second kappa shape index (κ2) is 9.41. The fourth-order valence-corrected chi connectivity index (χ4v) is 2.95. The molecule has 0 saturated heterocycles. The number of amides is 1. The molecule has 0 heterocycles. The van der Waals surface area contributed by atoms with Gasteiger partial charge in [0.15, 0.2) is 6.61 Å². The van der Waals surface area contributed by atoms with Crippen LogP contribution in [0.4, 0.5) is 0 Å². The molecule has 146 valence electrons. The Morgan fingerprint density at radius 1 is 1.00 bits per heavy atom. The number of hydrogen-bond donors (Lipinski definition) is 0. The maximum atomic E-state index is 12.6. The van der Waals surface area contributed by atoms with Crippen molar-refractivity contribution in [3.05, 3.63) is 60.2 Å². The standard InChI is InChI=1S/C20H25NO5S/c1-16(2)13-21(20(22)15-25-18-7-5-4-6-8-18)14-17-9-11-19(12-10-17)26-27(3,23)24/h4-12,16H,13-15H2,1-3H3. The average molecular weight is 391 g/mol. The zero-order valence-electron chi connectivity index (χ0n) is 15.8. The molecule has 0 saturated carbocycles. The predicted molar refractivity (Wildman–Crippen MR) is 104 cm³/mol. The van der Waals surface area contributed by atoms with E-state index in [0.29, 0.717) is 24.8 Å². The first kappa shape index (κ1) is 20.8. The summed E-state index contributed by atoms with van der Waals surface area (Å²) in [5, 5.41) is 0. The number of carbonyl (C=O) groups excluding carboxylic acids is 1. The summed E-state index contributed by atoms with van der Waals surface area (Å²) in [5.74, 6) is 1.09. The third kappa shape index (κ3) is 7.70. The van der Waals surface area contributed by atoms with Gasteiger partial charge < -0.3 is 13.8 Å². The zero-order valence-corrected chi connectivity index (χ0v) is 16.6. The van der Waals surface area contributed by atoms with Crippen molar-refractivity contribution in [1.82, 2.24) is 4.90 Å². The predicted octanol–water partition coefficient (Wildman–Crippen LogP) is 3.09. The van der Waals surface area contributed by atoms with Crippen molar-refractivity contribution in [2.75, 3.05) is 19.4 Å². The van der Waals surface area contributed by atoms with Crippen molar-refractivity contribution in [2.45, 2.75) is 20.4 Å². The Morgan fingerprint density at radius 3 is 2.19 bits per heavy atom. The summed E-state index contributed by atoms with van der Waals surface area (Å²) in [6.45, 7) is 5.06. The molecular weight excluding hydrogens is 366 g/mol. The molecule has 0 fully saturated rings. The van der Waals surface area contributed by atoms with Crippen LogP contribution in [0.3, 0.4) is 0 Å². The van der Waals surface area contributed by atoms with E-state index in [1.807, 2.05) is 32.0 Å². The van der Waals surface area contributed by atoms with Crippen molar-refractivity contribution < 1.29 is 22.1 Å². The van der Waals surface area contributed by atoms with Crippen LogP contribution in [-0.4, -0.2) is 38.6 Å². The van der Waals surface area contributed by atoms with Crippen LogP contribution >= 0.6 is 0 Å². The molecule has 0 atom stereocenters. The smallest absolute Gasteiger partial charge is 0.306 e. The normalized spacial score (nSPS) is 11.3. The summed E-state index contributed by atoms with van der Waals surface area (Å²) >= 11 is 0. The molecule has 0 radical (unpaired) electrons. The van der Waals surface area contributed by atoms with E-state index in [1.165, 1.54) is 0 Å². The fourth-order valence-electron chi connectivity index (χ4n) is 2.49. The van der Waals surface area contributed by atoms with Gasteiger partial charge in [-0.25, -0.2) is 0 Å². The number of para-hydroxylation sites is 1. The van der Waals surface area contributed by atoms with Gasteiger partial charge in [-0.15, -0.1) is 0 Å². The third-order valence-electron chi connectivity index (χ3n) is 3.59. The van der Waals surface area contributed by atoms with Gasteiger partial charge >= 0.3 is 10.1 Å². The Labute approximate surface area is 160 Å². The summed E-state index contributed by atoms with van der Waals surface area (Å²) < 4.78 is 32.7. The Morgan fingerprint density at radius 2 is 1.63 bits per heavy atom. The first-order valence-corrected chi connectivity index (χ1v) is 10.5. The Balaban J connectivity index is 2.01. The second-order valence-electron chi connectivity index (χ2n) is 6.70. The molecule has 0 N–H and O–H groups in total. The molecule has 7 heteroatoms. The van der Waals surface area contributed by atoms with Gasteiger partial charge in [-0.2, -0.15) is 8.42 Å². The van der Waals surface area contributed by atoms with E-state index in [-0.39, 0.29) is 18.3 Å². The fraction of sp³-hybridized carbons (Fsp3) is 0.350. The number of carbonyl (C=O) groups is 1. The topological polar surface area (TPSA) is 72.9 Å². The molecule has 0 bridgehead atoms. The molecule has 0 aliphatic carbocycles. The van der Waals surface area contributed by atoms with Gasteiger partial charge in [-0.1, -0.05) is 44.2 Å². The van der Waals surface area contributed by atoms with Crippen molar-refractivity contribution >= 4 is 16.0 Å². The molecule has 1 amide bonds. The summed E-state index contributed by atoms with van der Waals surface area (Å²) in [6.07, 6.45) is 0.997. The second-order valence-corrected chi connectivity index (χ2v) is 8.28. The maximum absolute atomic E-state index is 12.6. The number of nitrogens with zero attached hydrogens (tertiary/aromatic N) is 1. The van der Waals surface area contributed by atoms with Gasteiger partial charge in [-0.05, 0) is 35.7 Å². The molecule has 0 aromatic heterocycles. The van der Waals surface area contributed by atoms with Crippen LogP contribution in [0.1, 0.15) is 19.4 Å². The highest BCUT2D eigenvalue weighted by molar-refractivity contribution is 7.86. The van der Waals surface area contributed by atoms with Gasteiger partial charge in [0.25, 0.3) is 5.91 Å². The SMILES string of the molecule is CC(C)CN(Cc1ccc(OS(C)(=O)=O)cc1)C(=O)COc1ccccc1. The lowest BCUT2D eigenvalue weighted by molar-refractivity contribution is -0.134. The Hall–Kier alpha value is -2.54. The molecule has 0 spiro atoms. The van der Waals surface area contributed by atoms with E-state index in [4.69, 9.17) is 8.92 Å². The van der Waals surface area contributed by atoms with Crippen LogP contribution in [0.2, 0.25) is 0 Å². The van der Waals surface area contributed by atoms with Gasteiger partial charge in [0.2, 0.25) is 0 Å². The first-order valence-electron chi connectivity index (χ1n) is 8.67. The van der Waals surface area contributed by atoms with Crippen LogP contribution in [0.25, 0.3) is 0 Å². The molecule has 0 aliphatic rings. The highest BCUT2D eigenvalue weighted by Crippen LogP contribution is 2.16. The quantitative estimate of drug-likeness (QED) is 0.614. The number of rotatable bonds is 9. The molecule has 2 aromatic carbocycles. The number of ether oxygens (including phenoxy) is 1. The summed E-state index contributed by atoms with van der Waals surface area (Å²) in [4.78, 5) is 14.3. The van der Waals surface area contributed by atoms with Crippen molar-refractivity contribution in [1.29, 1.82) is 0 Å². The molecule has 27 heavy (non-hydrogen) atoms. The minimum atomic E-state index is -3.56. The molecule has 6 nitrogen and oxygen atoms in total. The van der Waals surface area contributed by atoms with Gasteiger partial charge in [-0.3, -0.25) is 4.79 Å². The van der Waals surface area contributed by atoms with E-state index < -0.39 is 10.1 Å². The van der Waals surface area contributed by atoms with E-state index in [2.05, 4.69) is 0 Å². The monoisotopic (exact) mass is 391 g/mol. The van der Waals surface area contributed by atoms with Gasteiger partial charge in [0, 0.05) is 13.1 Å². The molecule has 0 aliphatic heterocycles. The highest BCUT2D eigenvalue weighted by atomic mass is 32.2. The Bertz CT molecular complexity index is 832. The summed E-state index contributed by atoms with van der Waals surface area (Å²) in [5.41, 5.74) is 0.879. The molecule has 2 aromatic rings. The van der Waals surface area contributed by atoms with E-state index in [0.717, 1.165) is 11.8 Å². The zero-order chi connectivity index (χ0) is 19.9. The third-order valence-corrected chi connectivity index (χ3v) is 4.08. The Kier molecular flexibility index (Phi) is 7.24. The molecular formula is C20H25NO5S. The number of hydrogen-bond acceptors (Lipinski definition) is 5. The van der Waals surface area contributed by atoms with Crippen molar-refractivity contribution in [3.63, 3.8) is 0 Å². The van der Waals surface area contributed by atoms with Crippen molar-refractivity contribution in [3.8, 4) is 11.5 Å². The van der Waals surface area contributed by atoms with E-state index >= 15 is 0 Å². The first-order chi connectivity index (χ1) is 12.7. The van der Waals surface area contributed by atoms with Crippen molar-refractivity contribution in [2.24, 2.45) is 5.92 Å². The molecule has 2 rings (SSSR count). The number of benzene rings is 2. The molecule has 0 unspecified atom stereocenters. The van der Waals surface area contributed by atoms with Crippen LogP contribution in [0.5, 0.6) is 11.5 Å². The highest BCUT2D eigenvalue weighted by Gasteiger charge is 2.16. The minimum Gasteiger partial charge on any atom is -0.484 e. The summed E-state index contributed by atoms with van der Waals surface area (Å²) in [7, 11) is -3.56. The largest absolute Gasteiger partial charge is 0.484 e. The lowest BCUT2D eigenvalue weighted by Crippen LogP contribution is -2.37. The lowest BCUT2D eigenvalue weighted by Gasteiger charge is -2.25. The lowest BCUT2D eigenvalue weighted by atomic mass is 10.1. The minimum absolute atomic E-state index is 0.0357. The van der Waals surface area contributed by atoms with Gasteiger partial charge in [0.05, 0.1) is 6.26 Å². The summed E-state index contributed by atoms with van der Waals surface area (Å²) in [6, 6.07) is 15.9. The van der Waals surface area contributed by atoms with Crippen LogP contribution in [0, 0.1) is 5.92 Å². The van der Waals surface area contributed by atoms with Crippen LogP contribution < -0.4 is 8.92 Å². The van der Waals surface area contributed by atoms with E-state index in [9.17, 15) is 13.2 Å². The van der Waals surface area contributed by atoms with E-state index in [1.54, 1.807) is 41.3 Å². The van der Waals surface area contributed by atoms with Crippen LogP contribution in [0.15, 0.2) is 54.6 Å². The maximum Gasteiger partial charge on any atom is 0.306 e. The van der Waals surface area contributed by atoms with Crippen LogP contribution in [-0.2, 0) is 21.5 Å². The van der Waals surface area contributed by atoms with Gasteiger partial charge in [0.1, 0.15) is 11.5 Å².